The summed E-state index contributed by atoms with van der Waals surface area (Å²) in [4.78, 5) is 15.1. The fourth-order valence-electron chi connectivity index (χ4n) is 5.74. The summed E-state index contributed by atoms with van der Waals surface area (Å²) in [6, 6.07) is 10.7. The molecule has 44 heavy (non-hydrogen) atoms. The predicted octanol–water partition coefficient (Wildman–Crippen LogP) is 5.73. The normalized spacial score (nSPS) is 14.5. The van der Waals surface area contributed by atoms with Crippen molar-refractivity contribution in [2.75, 3.05) is 19.3 Å². The zero-order chi connectivity index (χ0) is 30.8. The van der Waals surface area contributed by atoms with Crippen LogP contribution in [0.5, 0.6) is 0 Å². The highest BCUT2D eigenvalue weighted by Crippen LogP contribution is 2.34. The molecule has 0 radical (unpaired) electrons. The van der Waals surface area contributed by atoms with E-state index in [1.54, 1.807) is 12.1 Å². The molecule has 1 aliphatic heterocycles. The highest BCUT2D eigenvalue weighted by Gasteiger charge is 2.18. The van der Waals surface area contributed by atoms with E-state index in [0.717, 1.165) is 64.9 Å². The molecule has 6 rings (SSSR count). The second kappa shape index (κ2) is 12.3. The molecular weight excluding hydrogens is 577 g/mol. The zero-order valence-corrected chi connectivity index (χ0v) is 25.5. The Labute approximate surface area is 256 Å². The third-order valence-electron chi connectivity index (χ3n) is 7.80. The molecule has 0 saturated carbocycles. The van der Waals surface area contributed by atoms with Crippen molar-refractivity contribution in [1.29, 1.82) is 0 Å². The maximum absolute atomic E-state index is 14.7. The van der Waals surface area contributed by atoms with Gasteiger partial charge in [-0.3, -0.25) is 15.0 Å². The summed E-state index contributed by atoms with van der Waals surface area (Å²) >= 11 is 0. The first-order chi connectivity index (χ1) is 21.2. The van der Waals surface area contributed by atoms with Gasteiger partial charge in [-0.05, 0) is 91.5 Å². The van der Waals surface area contributed by atoms with Gasteiger partial charge < -0.3 is 4.98 Å². The molecule has 1 aromatic carbocycles. The van der Waals surface area contributed by atoms with Crippen molar-refractivity contribution in [2.24, 2.45) is 0 Å². The highest BCUT2D eigenvalue weighted by molar-refractivity contribution is 7.88. The standard InChI is InChI=1S/C33H34FN7O2S/c1-4-7-28(24-10-22(12-27(34)13-24)17-37-44(3,42)43)29-15-31(38-21(29)2)32-30-14-26(19-36-33(30)40-39-32)25-11-23(16-35-18-25)20-41-8-5-6-9-41/h4,7,10-16,18-19,37-38H,1,5-6,8-9,17,20H2,2-3H3,(H,36,39,40)/b28-7-. The van der Waals surface area contributed by atoms with Crippen LogP contribution in [0.1, 0.15) is 40.8 Å². The van der Waals surface area contributed by atoms with E-state index < -0.39 is 15.8 Å². The van der Waals surface area contributed by atoms with Crippen LogP contribution in [-0.2, 0) is 23.1 Å². The first kappa shape index (κ1) is 29.6. The second-order valence-corrected chi connectivity index (χ2v) is 13.1. The number of aromatic amines is 2. The molecule has 0 unspecified atom stereocenters. The summed E-state index contributed by atoms with van der Waals surface area (Å²) in [7, 11) is -3.43. The van der Waals surface area contributed by atoms with Crippen molar-refractivity contribution < 1.29 is 12.8 Å². The van der Waals surface area contributed by atoms with E-state index in [9.17, 15) is 12.8 Å². The third-order valence-corrected chi connectivity index (χ3v) is 8.47. The Morgan fingerprint density at radius 3 is 2.64 bits per heavy atom. The van der Waals surface area contributed by atoms with Crippen LogP contribution in [0.2, 0.25) is 0 Å². The van der Waals surface area contributed by atoms with Crippen molar-refractivity contribution in [1.82, 2.24) is 34.8 Å². The SMILES string of the molecule is C=C/C=C(/c1cc(F)cc(CNS(C)(=O)=O)c1)c1cc(-c2n[nH]c3ncc(-c4cncc(CN5CCCC5)c4)cc23)[nH]c1C. The quantitative estimate of drug-likeness (QED) is 0.174. The van der Waals surface area contributed by atoms with Crippen molar-refractivity contribution >= 4 is 26.6 Å². The molecule has 1 fully saturated rings. The number of sulfonamides is 1. The Morgan fingerprint density at radius 2 is 1.86 bits per heavy atom. The minimum absolute atomic E-state index is 0.0202. The van der Waals surface area contributed by atoms with Gasteiger partial charge in [-0.15, -0.1) is 0 Å². The van der Waals surface area contributed by atoms with Crippen LogP contribution in [0.15, 0.2) is 73.7 Å². The van der Waals surface area contributed by atoms with Crippen molar-refractivity contribution in [3.63, 3.8) is 0 Å². The Balaban J connectivity index is 1.34. The number of pyridine rings is 2. The van der Waals surface area contributed by atoms with E-state index >= 15 is 0 Å². The number of fused-ring (bicyclic) bond motifs is 1. The molecule has 5 heterocycles. The van der Waals surface area contributed by atoms with E-state index in [1.807, 2.05) is 37.7 Å². The number of hydrogen-bond donors (Lipinski definition) is 3. The summed E-state index contributed by atoms with van der Waals surface area (Å²) in [5.41, 5.74) is 8.79. The van der Waals surface area contributed by atoms with E-state index in [0.29, 0.717) is 22.5 Å². The molecule has 1 saturated heterocycles. The largest absolute Gasteiger partial charge is 0.357 e. The minimum atomic E-state index is -3.43. The maximum Gasteiger partial charge on any atom is 0.209 e. The zero-order valence-electron chi connectivity index (χ0n) is 24.7. The Hall–Kier alpha value is -4.45. The van der Waals surface area contributed by atoms with Crippen LogP contribution >= 0.6 is 0 Å². The number of likely N-dealkylation sites (tertiary alicyclic amines) is 1. The van der Waals surface area contributed by atoms with Gasteiger partial charge in [0.05, 0.1) is 11.9 Å². The number of hydrogen-bond acceptors (Lipinski definition) is 6. The Morgan fingerprint density at radius 1 is 1.07 bits per heavy atom. The van der Waals surface area contributed by atoms with Crippen molar-refractivity contribution in [3.05, 3.63) is 107 Å². The smallest absolute Gasteiger partial charge is 0.209 e. The van der Waals surface area contributed by atoms with Gasteiger partial charge in [-0.25, -0.2) is 22.5 Å². The monoisotopic (exact) mass is 611 g/mol. The number of allylic oxidation sites excluding steroid dienone is 2. The lowest BCUT2D eigenvalue weighted by atomic mass is 9.95. The van der Waals surface area contributed by atoms with E-state index in [4.69, 9.17) is 0 Å². The minimum Gasteiger partial charge on any atom is -0.357 e. The van der Waals surface area contributed by atoms with Gasteiger partial charge in [0.15, 0.2) is 5.65 Å². The van der Waals surface area contributed by atoms with E-state index in [2.05, 4.69) is 53.5 Å². The molecule has 4 aromatic heterocycles. The lowest BCUT2D eigenvalue weighted by molar-refractivity contribution is 0.331. The number of H-pyrrole nitrogens is 2. The maximum atomic E-state index is 14.7. The number of halogens is 1. The number of benzene rings is 1. The average Bonchev–Trinajstić information content (AvgIpc) is 3.74. The van der Waals surface area contributed by atoms with Crippen LogP contribution in [0, 0.1) is 12.7 Å². The molecular formula is C33H34FN7O2S. The van der Waals surface area contributed by atoms with Crippen LogP contribution in [0.4, 0.5) is 4.39 Å². The fourth-order valence-corrected chi connectivity index (χ4v) is 6.17. The Bertz CT molecular complexity index is 1990. The van der Waals surface area contributed by atoms with Gasteiger partial charge in [0.2, 0.25) is 10.0 Å². The molecule has 11 heteroatoms. The average molecular weight is 612 g/mol. The van der Waals surface area contributed by atoms with Crippen LogP contribution in [0.25, 0.3) is 39.1 Å². The van der Waals surface area contributed by atoms with E-state index in [-0.39, 0.29) is 6.54 Å². The number of nitrogens with one attached hydrogen (secondary N) is 3. The molecule has 0 aliphatic carbocycles. The molecule has 5 aromatic rings. The van der Waals surface area contributed by atoms with Crippen LogP contribution in [0.3, 0.4) is 0 Å². The van der Waals surface area contributed by atoms with Crippen LogP contribution < -0.4 is 4.72 Å². The third kappa shape index (κ3) is 6.54. The summed E-state index contributed by atoms with van der Waals surface area (Å²) in [5, 5.41) is 8.49. The molecule has 226 valence electrons. The molecule has 0 amide bonds. The van der Waals surface area contributed by atoms with Gasteiger partial charge in [-0.1, -0.05) is 18.7 Å². The lowest BCUT2D eigenvalue weighted by Gasteiger charge is -2.14. The topological polar surface area (TPSA) is 120 Å². The summed E-state index contributed by atoms with van der Waals surface area (Å²) in [6.07, 6.45) is 12.6. The van der Waals surface area contributed by atoms with Crippen LogP contribution in [-0.4, -0.2) is 57.8 Å². The predicted molar refractivity (Wildman–Crippen MR) is 172 cm³/mol. The summed E-state index contributed by atoms with van der Waals surface area (Å²) in [6.45, 7) is 8.92. The van der Waals surface area contributed by atoms with Crippen molar-refractivity contribution in [3.8, 4) is 22.5 Å². The molecule has 3 N–H and O–H groups in total. The van der Waals surface area contributed by atoms with Gasteiger partial charge >= 0.3 is 0 Å². The van der Waals surface area contributed by atoms with E-state index in [1.165, 1.54) is 30.5 Å². The summed E-state index contributed by atoms with van der Waals surface area (Å²) < 4.78 is 40.4. The first-order valence-electron chi connectivity index (χ1n) is 14.4. The number of aryl methyl sites for hydroxylation is 1. The van der Waals surface area contributed by atoms with Gasteiger partial charge in [0.1, 0.15) is 11.5 Å². The van der Waals surface area contributed by atoms with Crippen molar-refractivity contribution in [2.45, 2.75) is 32.9 Å². The fraction of sp³-hybridized carbons (Fsp3) is 0.242. The lowest BCUT2D eigenvalue weighted by Crippen LogP contribution is -2.21. The molecule has 0 atom stereocenters. The first-order valence-corrected chi connectivity index (χ1v) is 16.3. The number of aromatic nitrogens is 5. The molecule has 9 nitrogen and oxygen atoms in total. The van der Waals surface area contributed by atoms with Gasteiger partial charge in [-0.2, -0.15) is 5.10 Å². The van der Waals surface area contributed by atoms with Gasteiger partial charge in [0.25, 0.3) is 0 Å². The van der Waals surface area contributed by atoms with Gasteiger partial charge in [0, 0.05) is 59.5 Å². The highest BCUT2D eigenvalue weighted by atomic mass is 32.2. The second-order valence-electron chi connectivity index (χ2n) is 11.2. The Kier molecular flexibility index (Phi) is 8.26. The number of nitrogens with zero attached hydrogens (tertiary/aromatic N) is 4. The number of rotatable bonds is 10. The molecule has 1 aliphatic rings. The molecule has 0 bridgehead atoms. The molecule has 0 spiro atoms. The summed E-state index contributed by atoms with van der Waals surface area (Å²) in [5.74, 6) is -0.466.